The van der Waals surface area contributed by atoms with Gasteiger partial charge in [-0.05, 0) is 37.4 Å². The molecule has 19 heavy (non-hydrogen) atoms. The van der Waals surface area contributed by atoms with Crippen LogP contribution in [0.4, 0.5) is 4.39 Å². The number of benzene rings is 1. The lowest BCUT2D eigenvalue weighted by atomic mass is 9.84. The molecule has 5 heteroatoms. The molecule has 2 atom stereocenters. The number of hydrogen-bond acceptors (Lipinski definition) is 2. The van der Waals surface area contributed by atoms with E-state index in [9.17, 15) is 9.18 Å². The number of halogens is 2. The summed E-state index contributed by atoms with van der Waals surface area (Å²) < 4.78 is 13.3. The van der Waals surface area contributed by atoms with Gasteiger partial charge in [-0.2, -0.15) is 0 Å². The van der Waals surface area contributed by atoms with E-state index >= 15 is 0 Å². The van der Waals surface area contributed by atoms with Gasteiger partial charge in [0.25, 0.3) is 5.91 Å². The lowest BCUT2D eigenvalue weighted by Gasteiger charge is -2.31. The first-order chi connectivity index (χ1) is 9.13. The molecular formula is C14H18ClFN2O. The van der Waals surface area contributed by atoms with Crippen molar-refractivity contribution in [2.45, 2.75) is 31.7 Å². The normalized spacial score (nSPS) is 23.1. The molecule has 1 saturated carbocycles. The van der Waals surface area contributed by atoms with Gasteiger partial charge in [0.15, 0.2) is 0 Å². The molecule has 0 radical (unpaired) electrons. The second kappa shape index (κ2) is 6.35. The second-order valence-corrected chi connectivity index (χ2v) is 5.34. The number of carbonyl (C=O) groups is 1. The van der Waals surface area contributed by atoms with Crippen molar-refractivity contribution in [2.24, 2.45) is 11.7 Å². The zero-order valence-corrected chi connectivity index (χ0v) is 11.4. The molecule has 2 unspecified atom stereocenters. The fourth-order valence-corrected chi connectivity index (χ4v) is 2.82. The van der Waals surface area contributed by atoms with E-state index in [0.29, 0.717) is 12.5 Å². The second-order valence-electron chi connectivity index (χ2n) is 4.96. The fourth-order valence-electron chi connectivity index (χ4n) is 2.61. The number of amides is 1. The van der Waals surface area contributed by atoms with E-state index in [4.69, 9.17) is 17.3 Å². The molecule has 0 spiro atoms. The highest BCUT2D eigenvalue weighted by Gasteiger charge is 2.26. The molecule has 0 aromatic heterocycles. The minimum absolute atomic E-state index is 0.0607. The monoisotopic (exact) mass is 284 g/mol. The molecule has 1 amide bonds. The van der Waals surface area contributed by atoms with E-state index in [1.54, 1.807) is 0 Å². The Bertz CT molecular complexity index is 467. The van der Waals surface area contributed by atoms with Crippen molar-refractivity contribution >= 4 is 17.5 Å². The van der Waals surface area contributed by atoms with Gasteiger partial charge in [0, 0.05) is 6.04 Å². The summed E-state index contributed by atoms with van der Waals surface area (Å²) in [7, 11) is 0. The highest BCUT2D eigenvalue weighted by Crippen LogP contribution is 2.25. The first-order valence-electron chi connectivity index (χ1n) is 6.58. The highest BCUT2D eigenvalue weighted by atomic mass is 35.5. The van der Waals surface area contributed by atoms with Gasteiger partial charge in [0.05, 0.1) is 10.6 Å². The summed E-state index contributed by atoms with van der Waals surface area (Å²) in [6.07, 6.45) is 4.17. The standard InChI is InChI=1S/C14H18ClFN2O/c15-13-10(5-3-6-11(13)16)14(19)18-12-7-2-1-4-9(12)8-17/h3,5-6,9,12H,1-2,4,7-8,17H2,(H,18,19). The topological polar surface area (TPSA) is 55.1 Å². The van der Waals surface area contributed by atoms with Crippen LogP contribution in [0, 0.1) is 11.7 Å². The third kappa shape index (κ3) is 3.25. The largest absolute Gasteiger partial charge is 0.349 e. The van der Waals surface area contributed by atoms with Gasteiger partial charge >= 0.3 is 0 Å². The summed E-state index contributed by atoms with van der Waals surface area (Å²) in [4.78, 5) is 12.1. The first-order valence-corrected chi connectivity index (χ1v) is 6.96. The van der Waals surface area contributed by atoms with E-state index in [1.807, 2.05) is 0 Å². The van der Waals surface area contributed by atoms with Crippen molar-refractivity contribution in [3.05, 3.63) is 34.6 Å². The molecule has 1 aromatic carbocycles. The maximum atomic E-state index is 13.3. The summed E-state index contributed by atoms with van der Waals surface area (Å²) in [5.41, 5.74) is 5.91. The van der Waals surface area contributed by atoms with E-state index in [-0.39, 0.29) is 22.5 Å². The molecule has 1 aliphatic carbocycles. The number of nitrogens with two attached hydrogens (primary N) is 1. The minimum atomic E-state index is -0.576. The van der Waals surface area contributed by atoms with E-state index in [0.717, 1.165) is 25.7 Å². The Balaban J connectivity index is 2.09. The third-order valence-electron chi connectivity index (χ3n) is 3.72. The van der Waals surface area contributed by atoms with Crippen molar-refractivity contribution in [1.29, 1.82) is 0 Å². The molecule has 1 aromatic rings. The number of hydrogen-bond donors (Lipinski definition) is 2. The maximum absolute atomic E-state index is 13.3. The van der Waals surface area contributed by atoms with Crippen molar-refractivity contribution < 1.29 is 9.18 Å². The van der Waals surface area contributed by atoms with Crippen LogP contribution in [0.5, 0.6) is 0 Å². The van der Waals surface area contributed by atoms with Gasteiger partial charge in [-0.15, -0.1) is 0 Å². The predicted molar refractivity (Wildman–Crippen MR) is 73.7 cm³/mol. The molecule has 2 rings (SSSR count). The van der Waals surface area contributed by atoms with E-state index < -0.39 is 5.82 Å². The molecule has 1 fully saturated rings. The summed E-state index contributed by atoms with van der Waals surface area (Å²) >= 11 is 5.82. The third-order valence-corrected chi connectivity index (χ3v) is 4.11. The average Bonchev–Trinajstić information content (AvgIpc) is 2.42. The molecule has 0 bridgehead atoms. The number of rotatable bonds is 3. The Morgan fingerprint density at radius 3 is 2.89 bits per heavy atom. The number of nitrogens with one attached hydrogen (secondary N) is 1. The van der Waals surface area contributed by atoms with Crippen LogP contribution in [-0.4, -0.2) is 18.5 Å². The Labute approximate surface area is 117 Å². The Morgan fingerprint density at radius 1 is 1.42 bits per heavy atom. The van der Waals surface area contributed by atoms with Crippen molar-refractivity contribution in [3.63, 3.8) is 0 Å². The minimum Gasteiger partial charge on any atom is -0.349 e. The van der Waals surface area contributed by atoms with Crippen molar-refractivity contribution in [1.82, 2.24) is 5.32 Å². The lowest BCUT2D eigenvalue weighted by molar-refractivity contribution is 0.0908. The van der Waals surface area contributed by atoms with E-state index in [1.165, 1.54) is 18.2 Å². The molecule has 3 N–H and O–H groups in total. The molecule has 3 nitrogen and oxygen atoms in total. The van der Waals surface area contributed by atoms with Crippen molar-refractivity contribution in [2.75, 3.05) is 6.54 Å². The van der Waals surface area contributed by atoms with Crippen LogP contribution in [0.1, 0.15) is 36.0 Å². The maximum Gasteiger partial charge on any atom is 0.253 e. The molecule has 0 saturated heterocycles. The van der Waals surface area contributed by atoms with E-state index in [2.05, 4.69) is 5.32 Å². The van der Waals surface area contributed by atoms with Crippen LogP contribution < -0.4 is 11.1 Å². The Morgan fingerprint density at radius 2 is 2.16 bits per heavy atom. The molecular weight excluding hydrogens is 267 g/mol. The molecule has 1 aliphatic rings. The smallest absolute Gasteiger partial charge is 0.253 e. The average molecular weight is 285 g/mol. The van der Waals surface area contributed by atoms with Crippen LogP contribution in [0.25, 0.3) is 0 Å². The summed E-state index contributed by atoms with van der Waals surface area (Å²) in [5.74, 6) is -0.603. The Kier molecular flexibility index (Phi) is 4.77. The predicted octanol–water partition coefficient (Wildman–Crippen LogP) is 2.73. The number of carbonyl (C=O) groups excluding carboxylic acids is 1. The quantitative estimate of drug-likeness (QED) is 0.897. The summed E-state index contributed by atoms with van der Waals surface area (Å²) in [6, 6.07) is 4.31. The molecule has 104 valence electrons. The summed E-state index contributed by atoms with van der Waals surface area (Å²) in [6.45, 7) is 0.557. The van der Waals surface area contributed by atoms with Gasteiger partial charge in [0.2, 0.25) is 0 Å². The fraction of sp³-hybridized carbons (Fsp3) is 0.500. The van der Waals surface area contributed by atoms with Gasteiger partial charge in [-0.3, -0.25) is 4.79 Å². The van der Waals surface area contributed by atoms with Gasteiger partial charge < -0.3 is 11.1 Å². The van der Waals surface area contributed by atoms with Gasteiger partial charge in [-0.1, -0.05) is 30.5 Å². The van der Waals surface area contributed by atoms with Crippen LogP contribution in [0.3, 0.4) is 0 Å². The Hall–Kier alpha value is -1.13. The van der Waals surface area contributed by atoms with Crippen molar-refractivity contribution in [3.8, 4) is 0 Å². The highest BCUT2D eigenvalue weighted by molar-refractivity contribution is 6.34. The zero-order chi connectivity index (χ0) is 13.8. The molecule has 0 aliphatic heterocycles. The first kappa shape index (κ1) is 14.3. The summed E-state index contributed by atoms with van der Waals surface area (Å²) in [5, 5.41) is 2.81. The van der Waals surface area contributed by atoms with Crippen LogP contribution in [-0.2, 0) is 0 Å². The van der Waals surface area contributed by atoms with Gasteiger partial charge in [-0.25, -0.2) is 4.39 Å². The van der Waals surface area contributed by atoms with Gasteiger partial charge in [0.1, 0.15) is 5.82 Å². The molecule has 0 heterocycles. The SMILES string of the molecule is NCC1CCCCC1NC(=O)c1cccc(F)c1Cl. The zero-order valence-electron chi connectivity index (χ0n) is 10.7. The van der Waals surface area contributed by atoms with Crippen LogP contribution in [0.2, 0.25) is 5.02 Å². The van der Waals surface area contributed by atoms with Crippen LogP contribution >= 0.6 is 11.6 Å². The lowest BCUT2D eigenvalue weighted by Crippen LogP contribution is -2.44. The van der Waals surface area contributed by atoms with Crippen LogP contribution in [0.15, 0.2) is 18.2 Å².